The molecule has 0 aliphatic heterocycles. The third-order valence-corrected chi connectivity index (χ3v) is 6.16. The molecule has 1 saturated carbocycles. The summed E-state index contributed by atoms with van der Waals surface area (Å²) in [5.74, 6) is 0.907. The van der Waals surface area contributed by atoms with E-state index in [9.17, 15) is 10.1 Å². The monoisotopic (exact) mass is 437 g/mol. The van der Waals surface area contributed by atoms with Crippen molar-refractivity contribution in [3.63, 3.8) is 0 Å². The van der Waals surface area contributed by atoms with Gasteiger partial charge in [0.2, 0.25) is 5.91 Å². The van der Waals surface area contributed by atoms with Gasteiger partial charge in [0.05, 0.1) is 24.4 Å². The average Bonchev–Trinajstić information content (AvgIpc) is 3.47. The second-order valence-corrected chi connectivity index (χ2v) is 8.51. The molecule has 1 amide bonds. The Bertz CT molecular complexity index is 1430. The molecule has 1 aliphatic rings. The molecule has 3 heterocycles. The molecular formula is C25H23N7O. The maximum absolute atomic E-state index is 12.8. The summed E-state index contributed by atoms with van der Waals surface area (Å²) in [6.07, 6.45) is 6.50. The number of hydrogen-bond acceptors (Lipinski definition) is 6. The van der Waals surface area contributed by atoms with E-state index >= 15 is 0 Å². The summed E-state index contributed by atoms with van der Waals surface area (Å²) in [5.41, 5.74) is 10.9. The lowest BCUT2D eigenvalue weighted by atomic mass is 9.96. The van der Waals surface area contributed by atoms with Crippen molar-refractivity contribution in [3.05, 3.63) is 65.6 Å². The minimum absolute atomic E-state index is 0.0480. The molecule has 8 nitrogen and oxygen atoms in total. The predicted octanol–water partition coefficient (Wildman–Crippen LogP) is 3.73. The Kier molecular flexibility index (Phi) is 5.02. The van der Waals surface area contributed by atoms with E-state index < -0.39 is 0 Å². The molecule has 1 aromatic carbocycles. The summed E-state index contributed by atoms with van der Waals surface area (Å²) in [6.45, 7) is 1.99. The molecule has 0 spiro atoms. The second-order valence-electron chi connectivity index (χ2n) is 8.51. The standard InChI is InChI=1S/C25H23N7O/c1-14-4-3-5-15(6-7-26)23(14)21-8-16-9-22(28-12-20(16)24(27)30-21)31-25(33)19-10-18(19)17-11-29-32(2)13-17/h3-5,8-9,11-13,18-19H,6,10H2,1-2H3,(H2,27,30)(H,28,31,33). The van der Waals surface area contributed by atoms with Crippen molar-refractivity contribution in [3.8, 4) is 17.3 Å². The highest BCUT2D eigenvalue weighted by atomic mass is 16.2. The highest BCUT2D eigenvalue weighted by molar-refractivity contribution is 5.99. The van der Waals surface area contributed by atoms with Gasteiger partial charge in [0.15, 0.2) is 0 Å². The first-order valence-electron chi connectivity index (χ1n) is 10.8. The fourth-order valence-electron chi connectivity index (χ4n) is 4.40. The van der Waals surface area contributed by atoms with E-state index in [0.717, 1.165) is 34.1 Å². The third kappa shape index (κ3) is 3.89. The van der Waals surface area contributed by atoms with Gasteiger partial charge in [0, 0.05) is 36.3 Å². The van der Waals surface area contributed by atoms with E-state index in [0.29, 0.717) is 22.7 Å². The number of carbonyl (C=O) groups excluding carboxylic acids is 1. The normalized spacial score (nSPS) is 17.0. The van der Waals surface area contributed by atoms with Gasteiger partial charge >= 0.3 is 0 Å². The minimum Gasteiger partial charge on any atom is -0.383 e. The molecule has 3 aromatic heterocycles. The number of amides is 1. The zero-order valence-electron chi connectivity index (χ0n) is 18.4. The SMILES string of the molecule is Cc1cccc(CC#N)c1-c1cc2cc(NC(=O)C3CC3c3cnn(C)c3)ncc2c(N)n1. The number of aryl methyl sites for hydroxylation is 2. The summed E-state index contributed by atoms with van der Waals surface area (Å²) < 4.78 is 1.75. The van der Waals surface area contributed by atoms with Crippen molar-refractivity contribution >= 4 is 28.3 Å². The molecule has 2 atom stereocenters. The molecule has 0 bridgehead atoms. The number of nitrogens with zero attached hydrogens (tertiary/aromatic N) is 5. The van der Waals surface area contributed by atoms with Crippen LogP contribution in [0.25, 0.3) is 22.0 Å². The Morgan fingerprint density at radius 1 is 1.33 bits per heavy atom. The van der Waals surface area contributed by atoms with Crippen LogP contribution in [0, 0.1) is 24.2 Å². The first kappa shape index (κ1) is 20.6. The van der Waals surface area contributed by atoms with Crippen LogP contribution in [0.15, 0.2) is 48.9 Å². The van der Waals surface area contributed by atoms with Crippen LogP contribution < -0.4 is 11.1 Å². The van der Waals surface area contributed by atoms with Crippen LogP contribution in [-0.2, 0) is 18.3 Å². The van der Waals surface area contributed by atoms with Gasteiger partial charge in [-0.1, -0.05) is 18.2 Å². The number of fused-ring (bicyclic) bond motifs is 1. The Morgan fingerprint density at radius 2 is 2.18 bits per heavy atom. The van der Waals surface area contributed by atoms with Crippen molar-refractivity contribution in [1.82, 2.24) is 19.7 Å². The highest BCUT2D eigenvalue weighted by Crippen LogP contribution is 2.47. The summed E-state index contributed by atoms with van der Waals surface area (Å²) >= 11 is 0. The molecule has 8 heteroatoms. The van der Waals surface area contributed by atoms with E-state index in [4.69, 9.17) is 5.73 Å². The van der Waals surface area contributed by atoms with Gasteiger partial charge in [0.1, 0.15) is 11.6 Å². The Balaban J connectivity index is 1.44. The lowest BCUT2D eigenvalue weighted by molar-refractivity contribution is -0.117. The van der Waals surface area contributed by atoms with Crippen LogP contribution in [0.5, 0.6) is 0 Å². The van der Waals surface area contributed by atoms with Crippen LogP contribution in [0.4, 0.5) is 11.6 Å². The number of hydrogen-bond donors (Lipinski definition) is 2. The van der Waals surface area contributed by atoms with Crippen molar-refractivity contribution in [2.75, 3.05) is 11.1 Å². The van der Waals surface area contributed by atoms with E-state index in [1.54, 1.807) is 10.9 Å². The molecule has 1 fully saturated rings. The van der Waals surface area contributed by atoms with Crippen LogP contribution in [-0.4, -0.2) is 25.7 Å². The number of benzene rings is 1. The maximum atomic E-state index is 12.8. The molecule has 1 aliphatic carbocycles. The highest BCUT2D eigenvalue weighted by Gasteiger charge is 2.44. The third-order valence-electron chi connectivity index (χ3n) is 6.16. The number of pyridine rings is 2. The summed E-state index contributed by atoms with van der Waals surface area (Å²) in [6, 6.07) is 11.8. The summed E-state index contributed by atoms with van der Waals surface area (Å²) in [7, 11) is 1.87. The number of nitrogens with two attached hydrogens (primary N) is 1. The number of aromatic nitrogens is 4. The van der Waals surface area contributed by atoms with Gasteiger partial charge in [-0.25, -0.2) is 9.97 Å². The smallest absolute Gasteiger partial charge is 0.229 e. The Hall–Kier alpha value is -4.25. The van der Waals surface area contributed by atoms with Gasteiger partial charge < -0.3 is 11.1 Å². The number of nitrogens with one attached hydrogen (secondary N) is 1. The Morgan fingerprint density at radius 3 is 2.94 bits per heavy atom. The van der Waals surface area contributed by atoms with Crippen molar-refractivity contribution < 1.29 is 4.79 Å². The molecular weight excluding hydrogens is 414 g/mol. The number of nitriles is 1. The maximum Gasteiger partial charge on any atom is 0.229 e. The lowest BCUT2D eigenvalue weighted by Gasteiger charge is -2.13. The van der Waals surface area contributed by atoms with E-state index in [1.165, 1.54) is 0 Å². The van der Waals surface area contributed by atoms with Gasteiger partial charge in [-0.15, -0.1) is 0 Å². The van der Waals surface area contributed by atoms with Crippen LogP contribution >= 0.6 is 0 Å². The average molecular weight is 438 g/mol. The summed E-state index contributed by atoms with van der Waals surface area (Å²) in [4.78, 5) is 21.7. The number of anilines is 2. The van der Waals surface area contributed by atoms with Crippen LogP contribution in [0.3, 0.4) is 0 Å². The molecule has 0 saturated heterocycles. The fourth-order valence-corrected chi connectivity index (χ4v) is 4.40. The number of rotatable bonds is 5. The minimum atomic E-state index is -0.0784. The van der Waals surface area contributed by atoms with Crippen molar-refractivity contribution in [1.29, 1.82) is 5.26 Å². The largest absolute Gasteiger partial charge is 0.383 e. The van der Waals surface area contributed by atoms with E-state index in [1.807, 2.05) is 56.7 Å². The predicted molar refractivity (Wildman–Crippen MR) is 126 cm³/mol. The molecule has 164 valence electrons. The first-order chi connectivity index (χ1) is 15.9. The van der Waals surface area contributed by atoms with Crippen LogP contribution in [0.2, 0.25) is 0 Å². The van der Waals surface area contributed by atoms with E-state index in [2.05, 4.69) is 26.5 Å². The van der Waals surface area contributed by atoms with Crippen molar-refractivity contribution in [2.24, 2.45) is 13.0 Å². The molecule has 5 rings (SSSR count). The zero-order chi connectivity index (χ0) is 23.1. The topological polar surface area (TPSA) is 123 Å². The Labute approximate surface area is 191 Å². The first-order valence-corrected chi connectivity index (χ1v) is 10.8. The molecule has 0 radical (unpaired) electrons. The number of nitrogen functional groups attached to an aromatic ring is 1. The molecule has 4 aromatic rings. The van der Waals surface area contributed by atoms with Gasteiger partial charge in [-0.05, 0) is 53.5 Å². The fraction of sp³-hybridized carbons (Fsp3) is 0.240. The zero-order valence-corrected chi connectivity index (χ0v) is 18.4. The second kappa shape index (κ2) is 8.02. The van der Waals surface area contributed by atoms with E-state index in [-0.39, 0.29) is 24.2 Å². The lowest BCUT2D eigenvalue weighted by Crippen LogP contribution is -2.15. The van der Waals surface area contributed by atoms with Gasteiger partial charge in [0.25, 0.3) is 0 Å². The molecule has 2 unspecified atom stereocenters. The van der Waals surface area contributed by atoms with Gasteiger partial charge in [-0.3, -0.25) is 9.48 Å². The summed E-state index contributed by atoms with van der Waals surface area (Å²) in [5, 5.41) is 17.9. The van der Waals surface area contributed by atoms with Crippen LogP contribution in [0.1, 0.15) is 29.0 Å². The molecule has 3 N–H and O–H groups in total. The number of carbonyl (C=O) groups is 1. The van der Waals surface area contributed by atoms with Gasteiger partial charge in [-0.2, -0.15) is 10.4 Å². The molecule has 33 heavy (non-hydrogen) atoms. The van der Waals surface area contributed by atoms with Crippen molar-refractivity contribution in [2.45, 2.75) is 25.7 Å². The quantitative estimate of drug-likeness (QED) is 0.490.